The second kappa shape index (κ2) is 9.63. The molecule has 1 aliphatic rings. The molecule has 1 aromatic carbocycles. The number of pyridine rings is 1. The molecule has 30 heavy (non-hydrogen) atoms. The maximum Gasteiger partial charge on any atom is 0.191 e. The number of furan rings is 1. The summed E-state index contributed by atoms with van der Waals surface area (Å²) < 4.78 is 11.5. The SMILES string of the molecule is CCNC(=NCc1cccnc1N1CCOCC1)NCc1oc2ccccc2c1C. The Morgan fingerprint density at radius 1 is 1.13 bits per heavy atom. The third-order valence-electron chi connectivity index (χ3n) is 5.29. The Kier molecular flexibility index (Phi) is 6.49. The Labute approximate surface area is 177 Å². The van der Waals surface area contributed by atoms with Gasteiger partial charge in [0.1, 0.15) is 17.2 Å². The van der Waals surface area contributed by atoms with Crippen molar-refractivity contribution < 1.29 is 9.15 Å². The largest absolute Gasteiger partial charge is 0.459 e. The number of hydrogen-bond donors (Lipinski definition) is 2. The minimum Gasteiger partial charge on any atom is -0.459 e. The number of rotatable bonds is 6. The fourth-order valence-electron chi connectivity index (χ4n) is 3.68. The summed E-state index contributed by atoms with van der Waals surface area (Å²) in [6, 6.07) is 12.2. The molecule has 0 amide bonds. The summed E-state index contributed by atoms with van der Waals surface area (Å²) in [7, 11) is 0. The van der Waals surface area contributed by atoms with Crippen molar-refractivity contribution in [2.45, 2.75) is 26.9 Å². The topological polar surface area (TPSA) is 74.9 Å². The molecule has 0 atom stereocenters. The molecule has 4 rings (SSSR count). The number of aromatic nitrogens is 1. The van der Waals surface area contributed by atoms with Gasteiger partial charge in [-0.3, -0.25) is 0 Å². The molecular weight excluding hydrogens is 378 g/mol. The first-order chi connectivity index (χ1) is 14.8. The Morgan fingerprint density at radius 2 is 1.97 bits per heavy atom. The predicted molar refractivity (Wildman–Crippen MR) is 120 cm³/mol. The van der Waals surface area contributed by atoms with Crippen LogP contribution in [0.15, 0.2) is 52.0 Å². The number of nitrogens with zero attached hydrogens (tertiary/aromatic N) is 3. The molecule has 7 heteroatoms. The summed E-state index contributed by atoms with van der Waals surface area (Å²) in [5.41, 5.74) is 3.19. The van der Waals surface area contributed by atoms with Gasteiger partial charge in [-0.15, -0.1) is 0 Å². The molecule has 1 saturated heterocycles. The average molecular weight is 408 g/mol. The Bertz CT molecular complexity index is 1010. The fourth-order valence-corrected chi connectivity index (χ4v) is 3.68. The van der Waals surface area contributed by atoms with Crippen LogP contribution >= 0.6 is 0 Å². The summed E-state index contributed by atoms with van der Waals surface area (Å²) >= 11 is 0. The quantitative estimate of drug-likeness (QED) is 0.483. The van der Waals surface area contributed by atoms with E-state index >= 15 is 0 Å². The Morgan fingerprint density at radius 3 is 2.77 bits per heavy atom. The second-order valence-electron chi connectivity index (χ2n) is 7.28. The fraction of sp³-hybridized carbons (Fsp3) is 0.391. The lowest BCUT2D eigenvalue weighted by atomic mass is 10.1. The average Bonchev–Trinajstić information content (AvgIpc) is 3.12. The van der Waals surface area contributed by atoms with Gasteiger partial charge >= 0.3 is 0 Å². The van der Waals surface area contributed by atoms with Crippen molar-refractivity contribution in [1.29, 1.82) is 0 Å². The van der Waals surface area contributed by atoms with Crippen molar-refractivity contribution in [3.63, 3.8) is 0 Å². The van der Waals surface area contributed by atoms with Crippen LogP contribution in [0.3, 0.4) is 0 Å². The summed E-state index contributed by atoms with van der Waals surface area (Å²) in [5, 5.41) is 7.87. The molecule has 0 saturated carbocycles. The molecule has 2 aromatic heterocycles. The molecule has 0 radical (unpaired) electrons. The maximum absolute atomic E-state index is 6.01. The van der Waals surface area contributed by atoms with Gasteiger partial charge in [-0.05, 0) is 26.0 Å². The molecule has 1 aliphatic heterocycles. The minimum absolute atomic E-state index is 0.551. The lowest BCUT2D eigenvalue weighted by Gasteiger charge is -2.29. The number of hydrogen-bond acceptors (Lipinski definition) is 5. The zero-order valence-corrected chi connectivity index (χ0v) is 17.6. The van der Waals surface area contributed by atoms with E-state index in [4.69, 9.17) is 14.1 Å². The van der Waals surface area contributed by atoms with Gasteiger partial charge < -0.3 is 24.7 Å². The summed E-state index contributed by atoms with van der Waals surface area (Å²) in [5.74, 6) is 2.68. The molecule has 0 aliphatic carbocycles. The zero-order valence-electron chi connectivity index (χ0n) is 17.6. The highest BCUT2D eigenvalue weighted by molar-refractivity contribution is 5.83. The Hall–Kier alpha value is -3.06. The number of ether oxygens (including phenoxy) is 1. The van der Waals surface area contributed by atoms with E-state index in [1.165, 1.54) is 0 Å². The number of anilines is 1. The lowest BCUT2D eigenvalue weighted by molar-refractivity contribution is 0.122. The van der Waals surface area contributed by atoms with E-state index < -0.39 is 0 Å². The van der Waals surface area contributed by atoms with E-state index in [1.807, 2.05) is 30.5 Å². The number of para-hydroxylation sites is 1. The summed E-state index contributed by atoms with van der Waals surface area (Å²) in [4.78, 5) is 11.7. The molecule has 1 fully saturated rings. The van der Waals surface area contributed by atoms with Gasteiger partial charge in [0.05, 0.1) is 26.3 Å². The molecule has 0 bridgehead atoms. The van der Waals surface area contributed by atoms with Crippen LogP contribution in [0.2, 0.25) is 0 Å². The minimum atomic E-state index is 0.551. The van der Waals surface area contributed by atoms with Gasteiger partial charge in [-0.2, -0.15) is 0 Å². The van der Waals surface area contributed by atoms with Crippen LogP contribution in [-0.2, 0) is 17.8 Å². The molecule has 3 aromatic rings. The molecule has 2 N–H and O–H groups in total. The van der Waals surface area contributed by atoms with E-state index in [-0.39, 0.29) is 0 Å². The molecule has 7 nitrogen and oxygen atoms in total. The number of guanidine groups is 1. The van der Waals surface area contributed by atoms with Crippen molar-refractivity contribution in [2.75, 3.05) is 37.7 Å². The van der Waals surface area contributed by atoms with E-state index in [1.54, 1.807) is 0 Å². The molecule has 0 spiro atoms. The van der Waals surface area contributed by atoms with Gasteiger partial charge in [0.2, 0.25) is 0 Å². The van der Waals surface area contributed by atoms with Crippen molar-refractivity contribution in [2.24, 2.45) is 4.99 Å². The van der Waals surface area contributed by atoms with E-state index in [0.717, 1.165) is 72.5 Å². The Balaban J connectivity index is 1.47. The highest BCUT2D eigenvalue weighted by Gasteiger charge is 2.16. The van der Waals surface area contributed by atoms with Gasteiger partial charge in [0.15, 0.2) is 5.96 Å². The van der Waals surface area contributed by atoms with Crippen molar-refractivity contribution >= 4 is 22.7 Å². The number of fused-ring (bicyclic) bond motifs is 1. The highest BCUT2D eigenvalue weighted by Crippen LogP contribution is 2.24. The molecule has 158 valence electrons. The highest BCUT2D eigenvalue weighted by atomic mass is 16.5. The standard InChI is InChI=1S/C23H29N5O2/c1-3-24-23(27-16-21-17(2)19-8-4-5-9-20(19)30-21)26-15-18-7-6-10-25-22(18)28-11-13-29-14-12-28/h4-10H,3,11-16H2,1-2H3,(H2,24,26,27). The zero-order chi connectivity index (χ0) is 20.8. The number of morpholine rings is 1. The third kappa shape index (κ3) is 4.57. The number of aliphatic imine (C=N–C) groups is 1. The normalized spacial score (nSPS) is 14.9. The van der Waals surface area contributed by atoms with E-state index in [0.29, 0.717) is 13.1 Å². The van der Waals surface area contributed by atoms with Crippen molar-refractivity contribution in [3.05, 3.63) is 59.5 Å². The van der Waals surface area contributed by atoms with E-state index in [2.05, 4.69) is 46.5 Å². The smallest absolute Gasteiger partial charge is 0.191 e. The molecule has 0 unspecified atom stereocenters. The van der Waals surface area contributed by atoms with Crippen LogP contribution in [0, 0.1) is 6.92 Å². The number of nitrogens with one attached hydrogen (secondary N) is 2. The van der Waals surface area contributed by atoms with Crippen LogP contribution < -0.4 is 15.5 Å². The van der Waals surface area contributed by atoms with Gasteiger partial charge in [-0.1, -0.05) is 24.3 Å². The van der Waals surface area contributed by atoms with Crippen LogP contribution in [0.1, 0.15) is 23.8 Å². The van der Waals surface area contributed by atoms with Gasteiger partial charge in [-0.25, -0.2) is 9.98 Å². The predicted octanol–water partition coefficient (Wildman–Crippen LogP) is 3.23. The van der Waals surface area contributed by atoms with Crippen LogP contribution in [0.25, 0.3) is 11.0 Å². The maximum atomic E-state index is 6.01. The first kappa shape index (κ1) is 20.2. The first-order valence-electron chi connectivity index (χ1n) is 10.5. The van der Waals surface area contributed by atoms with E-state index in [9.17, 15) is 0 Å². The molecule has 3 heterocycles. The van der Waals surface area contributed by atoms with Crippen LogP contribution in [-0.4, -0.2) is 43.8 Å². The van der Waals surface area contributed by atoms with Gasteiger partial charge in [0, 0.05) is 42.3 Å². The molecular formula is C23H29N5O2. The second-order valence-corrected chi connectivity index (χ2v) is 7.28. The van der Waals surface area contributed by atoms with Crippen LogP contribution in [0.4, 0.5) is 5.82 Å². The van der Waals surface area contributed by atoms with Crippen molar-refractivity contribution in [1.82, 2.24) is 15.6 Å². The number of aryl methyl sites for hydroxylation is 1. The van der Waals surface area contributed by atoms with Crippen LogP contribution in [0.5, 0.6) is 0 Å². The monoisotopic (exact) mass is 407 g/mol. The number of benzene rings is 1. The third-order valence-corrected chi connectivity index (χ3v) is 5.29. The van der Waals surface area contributed by atoms with Crippen molar-refractivity contribution in [3.8, 4) is 0 Å². The lowest BCUT2D eigenvalue weighted by Crippen LogP contribution is -2.38. The summed E-state index contributed by atoms with van der Waals surface area (Å²) in [6.45, 7) is 9.26. The summed E-state index contributed by atoms with van der Waals surface area (Å²) in [6.07, 6.45) is 1.84. The first-order valence-corrected chi connectivity index (χ1v) is 10.5. The van der Waals surface area contributed by atoms with Gasteiger partial charge in [0.25, 0.3) is 0 Å².